The molecular formula is C8H16N2O5. The number of aliphatic carboxylic acids is 1. The molecule has 0 spiro atoms. The van der Waals surface area contributed by atoms with Gasteiger partial charge in [-0.25, -0.2) is 9.59 Å². The summed E-state index contributed by atoms with van der Waals surface area (Å²) in [6.07, 6.45) is -0.159. The van der Waals surface area contributed by atoms with Crippen molar-refractivity contribution in [3.8, 4) is 0 Å². The van der Waals surface area contributed by atoms with Crippen LogP contribution in [0.4, 0.5) is 4.79 Å². The third-order valence-corrected chi connectivity index (χ3v) is 1.74. The fraction of sp³-hybridized carbons (Fsp3) is 0.750. The molecule has 0 radical (unpaired) electrons. The number of hydrogen-bond acceptors (Lipinski definition) is 4. The third-order valence-electron chi connectivity index (χ3n) is 1.74. The molecule has 2 amide bonds. The van der Waals surface area contributed by atoms with E-state index in [1.54, 1.807) is 6.92 Å². The van der Waals surface area contributed by atoms with Crippen LogP contribution in [-0.2, 0) is 9.53 Å². The zero-order chi connectivity index (χ0) is 11.8. The Kier molecular flexibility index (Phi) is 6.39. The van der Waals surface area contributed by atoms with Crippen LogP contribution in [0.3, 0.4) is 0 Å². The second-order valence-corrected chi connectivity index (χ2v) is 2.97. The van der Waals surface area contributed by atoms with E-state index in [0.29, 0.717) is 0 Å². The van der Waals surface area contributed by atoms with Crippen LogP contribution in [0.5, 0.6) is 0 Å². The molecule has 1 unspecified atom stereocenters. The van der Waals surface area contributed by atoms with Gasteiger partial charge in [-0.15, -0.1) is 0 Å². The molecule has 0 aromatic carbocycles. The Morgan fingerprint density at radius 3 is 2.47 bits per heavy atom. The quantitative estimate of drug-likeness (QED) is 0.448. The lowest BCUT2D eigenvalue weighted by molar-refractivity contribution is -0.140. The number of carbonyl (C=O) groups is 2. The van der Waals surface area contributed by atoms with E-state index in [4.69, 9.17) is 14.9 Å². The second-order valence-electron chi connectivity index (χ2n) is 2.97. The van der Waals surface area contributed by atoms with Crippen molar-refractivity contribution in [2.45, 2.75) is 19.1 Å². The van der Waals surface area contributed by atoms with Crippen molar-refractivity contribution in [3.63, 3.8) is 0 Å². The van der Waals surface area contributed by atoms with Crippen molar-refractivity contribution >= 4 is 12.0 Å². The topological polar surface area (TPSA) is 108 Å². The van der Waals surface area contributed by atoms with Gasteiger partial charge in [0.2, 0.25) is 0 Å². The number of amides is 2. The molecule has 0 saturated heterocycles. The Labute approximate surface area is 87.4 Å². The van der Waals surface area contributed by atoms with Gasteiger partial charge < -0.3 is 25.6 Å². The highest BCUT2D eigenvalue weighted by Gasteiger charge is 2.18. The smallest absolute Gasteiger partial charge is 0.328 e. The third kappa shape index (κ3) is 5.87. The van der Waals surface area contributed by atoms with Gasteiger partial charge in [-0.1, -0.05) is 0 Å². The fourth-order valence-corrected chi connectivity index (χ4v) is 0.715. The van der Waals surface area contributed by atoms with Crippen molar-refractivity contribution in [2.24, 2.45) is 0 Å². The first-order valence-electron chi connectivity index (χ1n) is 4.42. The minimum absolute atomic E-state index is 0.159. The molecule has 0 aromatic heterocycles. The molecule has 4 N–H and O–H groups in total. The van der Waals surface area contributed by atoms with Gasteiger partial charge in [0.05, 0.1) is 12.7 Å². The summed E-state index contributed by atoms with van der Waals surface area (Å²) in [7, 11) is 1.50. The van der Waals surface area contributed by atoms with Crippen LogP contribution >= 0.6 is 0 Å². The van der Waals surface area contributed by atoms with Gasteiger partial charge in [0, 0.05) is 13.7 Å². The minimum atomic E-state index is -1.29. The molecule has 0 heterocycles. The summed E-state index contributed by atoms with van der Waals surface area (Å²) in [4.78, 5) is 21.5. The van der Waals surface area contributed by atoms with Gasteiger partial charge in [0.15, 0.2) is 6.04 Å². The number of carboxylic acids is 1. The maximum absolute atomic E-state index is 11.1. The molecule has 0 aliphatic heterocycles. The molecule has 0 aliphatic carbocycles. The molecule has 0 aliphatic rings. The average Bonchev–Trinajstić information content (AvgIpc) is 2.21. The molecule has 15 heavy (non-hydrogen) atoms. The number of rotatable bonds is 6. The summed E-state index contributed by atoms with van der Waals surface area (Å²) in [5.74, 6) is -1.28. The van der Waals surface area contributed by atoms with Crippen molar-refractivity contribution in [3.05, 3.63) is 0 Å². The van der Waals surface area contributed by atoms with Gasteiger partial charge in [-0.05, 0) is 6.92 Å². The molecule has 0 rings (SSSR count). The molecule has 0 bridgehead atoms. The summed E-state index contributed by atoms with van der Waals surface area (Å²) in [6.45, 7) is 1.36. The average molecular weight is 220 g/mol. The Morgan fingerprint density at radius 2 is 2.07 bits per heavy atom. The number of carboxylic acid groups (broad SMARTS) is 1. The first kappa shape index (κ1) is 13.7. The van der Waals surface area contributed by atoms with Gasteiger partial charge in [0.25, 0.3) is 0 Å². The second kappa shape index (κ2) is 7.02. The van der Waals surface area contributed by atoms with E-state index in [0.717, 1.165) is 0 Å². The molecule has 7 heteroatoms. The maximum Gasteiger partial charge on any atom is 0.328 e. The molecule has 7 nitrogen and oxygen atoms in total. The van der Waals surface area contributed by atoms with E-state index in [2.05, 4.69) is 10.6 Å². The van der Waals surface area contributed by atoms with Gasteiger partial charge in [0.1, 0.15) is 0 Å². The van der Waals surface area contributed by atoms with Crippen molar-refractivity contribution in [2.75, 3.05) is 20.3 Å². The van der Waals surface area contributed by atoms with Crippen LogP contribution < -0.4 is 10.6 Å². The Balaban J connectivity index is 3.86. The van der Waals surface area contributed by atoms with E-state index < -0.39 is 24.6 Å². The lowest BCUT2D eigenvalue weighted by Crippen LogP contribution is -2.49. The number of aliphatic hydroxyl groups is 1. The SMILES string of the molecule is COC(C)CNC(=O)N[C@@H](CO)C(=O)O. The molecule has 88 valence electrons. The highest BCUT2D eigenvalue weighted by molar-refractivity contribution is 5.82. The Hall–Kier alpha value is -1.34. The molecule has 0 saturated carbocycles. The highest BCUT2D eigenvalue weighted by Crippen LogP contribution is 1.85. The molecule has 0 aromatic rings. The van der Waals surface area contributed by atoms with E-state index in [-0.39, 0.29) is 12.6 Å². The zero-order valence-corrected chi connectivity index (χ0v) is 8.69. The van der Waals surface area contributed by atoms with Crippen molar-refractivity contribution < 1.29 is 24.5 Å². The normalized spacial score (nSPS) is 14.1. The molecule has 0 fully saturated rings. The Bertz CT molecular complexity index is 221. The standard InChI is InChI=1S/C8H16N2O5/c1-5(15-2)3-9-8(14)10-6(4-11)7(12)13/h5-6,11H,3-4H2,1-2H3,(H,12,13)(H2,9,10,14)/t5?,6-/m0/s1. The van der Waals surface area contributed by atoms with Crippen LogP contribution in [0.1, 0.15) is 6.92 Å². The number of hydrogen-bond donors (Lipinski definition) is 4. The number of urea groups is 1. The summed E-state index contributed by atoms with van der Waals surface area (Å²) in [5, 5.41) is 21.6. The molecule has 2 atom stereocenters. The number of aliphatic hydroxyl groups excluding tert-OH is 1. The fourth-order valence-electron chi connectivity index (χ4n) is 0.715. The largest absolute Gasteiger partial charge is 0.480 e. The minimum Gasteiger partial charge on any atom is -0.480 e. The number of nitrogens with one attached hydrogen (secondary N) is 2. The van der Waals surface area contributed by atoms with Crippen LogP contribution in [-0.4, -0.2) is 54.6 Å². The summed E-state index contributed by atoms with van der Waals surface area (Å²) >= 11 is 0. The van der Waals surface area contributed by atoms with E-state index in [1.807, 2.05) is 0 Å². The van der Waals surface area contributed by atoms with Gasteiger partial charge >= 0.3 is 12.0 Å². The van der Waals surface area contributed by atoms with Crippen molar-refractivity contribution in [1.29, 1.82) is 0 Å². The van der Waals surface area contributed by atoms with Crippen LogP contribution in [0.2, 0.25) is 0 Å². The van der Waals surface area contributed by atoms with E-state index in [9.17, 15) is 9.59 Å². The maximum atomic E-state index is 11.1. The lowest BCUT2D eigenvalue weighted by Gasteiger charge is -2.14. The van der Waals surface area contributed by atoms with Gasteiger partial charge in [-0.2, -0.15) is 0 Å². The number of ether oxygens (including phenoxy) is 1. The summed E-state index contributed by atoms with van der Waals surface area (Å²) < 4.78 is 4.87. The molecular weight excluding hydrogens is 204 g/mol. The Morgan fingerprint density at radius 1 is 1.47 bits per heavy atom. The first-order valence-corrected chi connectivity index (χ1v) is 4.42. The van der Waals surface area contributed by atoms with E-state index in [1.165, 1.54) is 7.11 Å². The zero-order valence-electron chi connectivity index (χ0n) is 8.69. The summed E-state index contributed by atoms with van der Waals surface area (Å²) in [6, 6.07) is -1.94. The van der Waals surface area contributed by atoms with Crippen LogP contribution in [0.15, 0.2) is 0 Å². The predicted octanol–water partition coefficient (Wildman–Crippen LogP) is -1.23. The first-order chi connectivity index (χ1) is 7.01. The van der Waals surface area contributed by atoms with Gasteiger partial charge in [-0.3, -0.25) is 0 Å². The lowest BCUT2D eigenvalue weighted by atomic mass is 10.3. The monoisotopic (exact) mass is 220 g/mol. The van der Waals surface area contributed by atoms with Crippen molar-refractivity contribution in [1.82, 2.24) is 10.6 Å². The van der Waals surface area contributed by atoms with Crippen LogP contribution in [0, 0.1) is 0 Å². The van der Waals surface area contributed by atoms with Crippen LogP contribution in [0.25, 0.3) is 0 Å². The number of carbonyl (C=O) groups excluding carboxylic acids is 1. The summed E-state index contributed by atoms with van der Waals surface area (Å²) in [5.41, 5.74) is 0. The predicted molar refractivity (Wildman–Crippen MR) is 51.5 cm³/mol. The number of methoxy groups -OCH3 is 1. The van der Waals surface area contributed by atoms with E-state index >= 15 is 0 Å². The highest BCUT2D eigenvalue weighted by atomic mass is 16.5.